The summed E-state index contributed by atoms with van der Waals surface area (Å²) in [6.07, 6.45) is 1.13. The molecule has 3 heteroatoms. The van der Waals surface area contributed by atoms with Gasteiger partial charge in [0.25, 0.3) is 0 Å². The zero-order valence-corrected chi connectivity index (χ0v) is 7.17. The van der Waals surface area contributed by atoms with Crippen LogP contribution < -0.4 is 0 Å². The van der Waals surface area contributed by atoms with Gasteiger partial charge in [-0.2, -0.15) is 0 Å². The molecule has 1 amide bonds. The zero-order chi connectivity index (χ0) is 8.27. The van der Waals surface area contributed by atoms with Gasteiger partial charge in [-0.25, -0.2) is 0 Å². The number of rotatable bonds is 2. The van der Waals surface area contributed by atoms with Gasteiger partial charge in [-0.05, 0) is 12.3 Å². The van der Waals surface area contributed by atoms with Crippen LogP contribution in [-0.2, 0) is 9.53 Å². The fourth-order valence-corrected chi connectivity index (χ4v) is 1.38. The van der Waals surface area contributed by atoms with Crippen LogP contribution in [0.3, 0.4) is 0 Å². The Morgan fingerprint density at radius 3 is 2.91 bits per heavy atom. The van der Waals surface area contributed by atoms with Crippen LogP contribution in [0.25, 0.3) is 0 Å². The van der Waals surface area contributed by atoms with E-state index in [1.165, 1.54) is 0 Å². The largest absolute Gasteiger partial charge is 0.375 e. The number of hydrogen-bond donors (Lipinski definition) is 0. The number of nitrogens with zero attached hydrogens (tertiary/aromatic N) is 1. The standard InChI is InChI=1S/C8H15NO2/c1-7-3-4-9(5-7)8(10)6-11-2/h7H,3-6H2,1-2H3/t7-/m1/s1. The van der Waals surface area contributed by atoms with Crippen LogP contribution in [-0.4, -0.2) is 37.6 Å². The van der Waals surface area contributed by atoms with Crippen molar-refractivity contribution in [3.05, 3.63) is 0 Å². The van der Waals surface area contributed by atoms with E-state index in [0.29, 0.717) is 5.92 Å². The number of hydrogen-bond acceptors (Lipinski definition) is 2. The Morgan fingerprint density at radius 1 is 1.73 bits per heavy atom. The van der Waals surface area contributed by atoms with E-state index in [2.05, 4.69) is 6.92 Å². The Hall–Kier alpha value is -0.570. The molecule has 0 bridgehead atoms. The topological polar surface area (TPSA) is 29.5 Å². The molecule has 1 aliphatic rings. The maximum atomic E-state index is 11.2. The molecule has 0 saturated carbocycles. The van der Waals surface area contributed by atoms with Crippen molar-refractivity contribution in [3.8, 4) is 0 Å². The second-order valence-corrected chi connectivity index (χ2v) is 3.17. The first-order valence-corrected chi connectivity index (χ1v) is 4.00. The van der Waals surface area contributed by atoms with Crippen molar-refractivity contribution >= 4 is 5.91 Å². The molecular formula is C8H15NO2. The van der Waals surface area contributed by atoms with Crippen molar-refractivity contribution in [2.75, 3.05) is 26.8 Å². The highest BCUT2D eigenvalue weighted by atomic mass is 16.5. The average Bonchev–Trinajstić information content (AvgIpc) is 2.36. The number of methoxy groups -OCH3 is 1. The lowest BCUT2D eigenvalue weighted by molar-refractivity contribution is -0.134. The Labute approximate surface area is 67.3 Å². The molecule has 0 N–H and O–H groups in total. The second-order valence-electron chi connectivity index (χ2n) is 3.17. The van der Waals surface area contributed by atoms with Gasteiger partial charge in [-0.3, -0.25) is 4.79 Å². The molecule has 1 atom stereocenters. The van der Waals surface area contributed by atoms with Gasteiger partial charge in [0, 0.05) is 20.2 Å². The molecule has 0 radical (unpaired) electrons. The molecule has 11 heavy (non-hydrogen) atoms. The van der Waals surface area contributed by atoms with Gasteiger partial charge < -0.3 is 9.64 Å². The van der Waals surface area contributed by atoms with Gasteiger partial charge in [0.1, 0.15) is 6.61 Å². The van der Waals surface area contributed by atoms with Crippen LogP contribution >= 0.6 is 0 Å². The summed E-state index contributed by atoms with van der Waals surface area (Å²) in [5, 5.41) is 0. The first-order valence-electron chi connectivity index (χ1n) is 4.00. The highest BCUT2D eigenvalue weighted by Crippen LogP contribution is 2.14. The van der Waals surface area contributed by atoms with Crippen LogP contribution in [0.5, 0.6) is 0 Å². The lowest BCUT2D eigenvalue weighted by Crippen LogP contribution is -2.31. The summed E-state index contributed by atoms with van der Waals surface area (Å²) in [6, 6.07) is 0. The summed E-state index contributed by atoms with van der Waals surface area (Å²) in [5.74, 6) is 0.785. The third-order valence-corrected chi connectivity index (χ3v) is 2.04. The lowest BCUT2D eigenvalue weighted by atomic mass is 10.2. The number of carbonyl (C=O) groups is 1. The predicted octanol–water partition coefficient (Wildman–Crippen LogP) is 0.501. The van der Waals surface area contributed by atoms with Crippen LogP contribution in [0.1, 0.15) is 13.3 Å². The van der Waals surface area contributed by atoms with Gasteiger partial charge in [-0.1, -0.05) is 6.92 Å². The van der Waals surface area contributed by atoms with Crippen LogP contribution in [0.15, 0.2) is 0 Å². The van der Waals surface area contributed by atoms with E-state index in [9.17, 15) is 4.79 Å². The Bertz CT molecular complexity index is 147. The SMILES string of the molecule is COCC(=O)N1CC[C@@H](C)C1. The number of amides is 1. The minimum Gasteiger partial charge on any atom is -0.375 e. The van der Waals surface area contributed by atoms with Crippen LogP contribution in [0, 0.1) is 5.92 Å². The van der Waals surface area contributed by atoms with Crippen molar-refractivity contribution < 1.29 is 9.53 Å². The summed E-state index contributed by atoms with van der Waals surface area (Å²) in [5.41, 5.74) is 0. The fraction of sp³-hybridized carbons (Fsp3) is 0.875. The smallest absolute Gasteiger partial charge is 0.248 e. The third kappa shape index (κ3) is 2.19. The number of ether oxygens (including phenoxy) is 1. The molecule has 0 aromatic carbocycles. The Balaban J connectivity index is 2.31. The first-order chi connectivity index (χ1) is 5.24. The van der Waals surface area contributed by atoms with E-state index >= 15 is 0 Å². The molecule has 0 aromatic heterocycles. The van der Waals surface area contributed by atoms with Crippen LogP contribution in [0.2, 0.25) is 0 Å². The highest BCUT2D eigenvalue weighted by molar-refractivity contribution is 5.77. The summed E-state index contributed by atoms with van der Waals surface area (Å²) in [7, 11) is 1.55. The molecule has 0 spiro atoms. The molecular weight excluding hydrogens is 142 g/mol. The van der Waals surface area contributed by atoms with Crippen molar-refractivity contribution in [2.24, 2.45) is 5.92 Å². The van der Waals surface area contributed by atoms with Gasteiger partial charge in [-0.15, -0.1) is 0 Å². The van der Waals surface area contributed by atoms with Crippen LogP contribution in [0.4, 0.5) is 0 Å². The van der Waals surface area contributed by atoms with Gasteiger partial charge >= 0.3 is 0 Å². The van der Waals surface area contributed by atoms with E-state index < -0.39 is 0 Å². The lowest BCUT2D eigenvalue weighted by Gasteiger charge is -2.14. The Kier molecular flexibility index (Phi) is 2.88. The number of carbonyl (C=O) groups excluding carboxylic acids is 1. The fourth-order valence-electron chi connectivity index (χ4n) is 1.38. The van der Waals surface area contributed by atoms with Crippen molar-refractivity contribution in [1.82, 2.24) is 4.90 Å². The van der Waals surface area contributed by atoms with Crippen molar-refractivity contribution in [1.29, 1.82) is 0 Å². The van der Waals surface area contributed by atoms with E-state index in [4.69, 9.17) is 4.74 Å². The minimum absolute atomic E-state index is 0.122. The first kappa shape index (κ1) is 8.53. The maximum absolute atomic E-state index is 11.2. The van der Waals surface area contributed by atoms with E-state index in [1.54, 1.807) is 7.11 Å². The Morgan fingerprint density at radius 2 is 2.45 bits per heavy atom. The molecule has 3 nitrogen and oxygen atoms in total. The molecule has 64 valence electrons. The quantitative estimate of drug-likeness (QED) is 0.584. The molecule has 1 heterocycles. The monoisotopic (exact) mass is 157 g/mol. The van der Waals surface area contributed by atoms with E-state index in [0.717, 1.165) is 19.5 Å². The summed E-state index contributed by atoms with van der Waals surface area (Å²) < 4.78 is 4.76. The third-order valence-electron chi connectivity index (χ3n) is 2.04. The molecule has 0 unspecified atom stereocenters. The maximum Gasteiger partial charge on any atom is 0.248 e. The summed E-state index contributed by atoms with van der Waals surface area (Å²) in [6.45, 7) is 4.21. The normalized spacial score (nSPS) is 24.2. The van der Waals surface area contributed by atoms with Gasteiger partial charge in [0.15, 0.2) is 0 Å². The van der Waals surface area contributed by atoms with Gasteiger partial charge in [0.05, 0.1) is 0 Å². The second kappa shape index (κ2) is 3.72. The molecule has 0 aromatic rings. The summed E-state index contributed by atoms with van der Waals surface area (Å²) in [4.78, 5) is 13.1. The van der Waals surface area contributed by atoms with E-state index in [1.807, 2.05) is 4.90 Å². The average molecular weight is 157 g/mol. The van der Waals surface area contributed by atoms with Crippen molar-refractivity contribution in [3.63, 3.8) is 0 Å². The highest BCUT2D eigenvalue weighted by Gasteiger charge is 2.22. The van der Waals surface area contributed by atoms with Crippen molar-refractivity contribution in [2.45, 2.75) is 13.3 Å². The predicted molar refractivity (Wildman–Crippen MR) is 42.2 cm³/mol. The zero-order valence-electron chi connectivity index (χ0n) is 7.17. The molecule has 1 rings (SSSR count). The molecule has 0 aliphatic carbocycles. The minimum atomic E-state index is 0.122. The van der Waals surface area contributed by atoms with Gasteiger partial charge in [0.2, 0.25) is 5.91 Å². The summed E-state index contributed by atoms with van der Waals surface area (Å²) >= 11 is 0. The number of likely N-dealkylation sites (tertiary alicyclic amines) is 1. The molecule has 1 fully saturated rings. The molecule has 1 saturated heterocycles. The van der Waals surface area contributed by atoms with E-state index in [-0.39, 0.29) is 12.5 Å². The molecule has 1 aliphatic heterocycles.